The highest BCUT2D eigenvalue weighted by Gasteiger charge is 2.40. The van der Waals surface area contributed by atoms with E-state index in [1.807, 2.05) is 18.5 Å². The molecule has 0 bridgehead atoms. The fourth-order valence-corrected chi connectivity index (χ4v) is 3.59. The second kappa shape index (κ2) is 6.44. The van der Waals surface area contributed by atoms with Crippen molar-refractivity contribution in [3.05, 3.63) is 5.56 Å². The number of hydrogen-bond acceptors (Lipinski definition) is 5. The molecule has 0 spiro atoms. The van der Waals surface area contributed by atoms with Crippen molar-refractivity contribution in [2.75, 3.05) is 21.3 Å². The standard InChI is InChI=1S/C18H30N2O4Si/c1-11-13-12(15(22-7)16(23-8)14(11)21-6)19-17(20(13)5)24-25(9,10)18(2,3)4/h1-10H3. The summed E-state index contributed by atoms with van der Waals surface area (Å²) in [5.41, 5.74) is 2.58. The van der Waals surface area contributed by atoms with Crippen molar-refractivity contribution in [2.24, 2.45) is 7.05 Å². The van der Waals surface area contributed by atoms with Gasteiger partial charge in [-0.1, -0.05) is 20.8 Å². The van der Waals surface area contributed by atoms with E-state index in [4.69, 9.17) is 23.6 Å². The molecule has 0 saturated heterocycles. The smallest absolute Gasteiger partial charge is 0.283 e. The number of fused-ring (bicyclic) bond motifs is 1. The van der Waals surface area contributed by atoms with Crippen LogP contribution in [0.4, 0.5) is 0 Å². The first-order chi connectivity index (χ1) is 11.5. The van der Waals surface area contributed by atoms with E-state index in [0.29, 0.717) is 28.8 Å². The van der Waals surface area contributed by atoms with Crippen LogP contribution in [0, 0.1) is 6.92 Å². The number of methoxy groups -OCH3 is 3. The molecule has 7 heteroatoms. The van der Waals surface area contributed by atoms with Crippen LogP contribution in [0.5, 0.6) is 23.3 Å². The van der Waals surface area contributed by atoms with E-state index in [0.717, 1.165) is 11.1 Å². The van der Waals surface area contributed by atoms with Gasteiger partial charge < -0.3 is 18.6 Å². The fourth-order valence-electron chi connectivity index (χ4n) is 2.65. The van der Waals surface area contributed by atoms with Gasteiger partial charge in [-0.25, -0.2) is 0 Å². The molecule has 1 aromatic carbocycles. The average molecular weight is 367 g/mol. The molecule has 25 heavy (non-hydrogen) atoms. The SMILES string of the molecule is COc1c(OC)c(C)c2c(nc(O[Si](C)(C)C(C)(C)C)n2C)c1OC. The summed E-state index contributed by atoms with van der Waals surface area (Å²) in [7, 11) is 4.77. The van der Waals surface area contributed by atoms with Crippen LogP contribution in [0.3, 0.4) is 0 Å². The van der Waals surface area contributed by atoms with E-state index in [1.165, 1.54) is 0 Å². The maximum Gasteiger partial charge on any atom is 0.283 e. The van der Waals surface area contributed by atoms with E-state index < -0.39 is 8.32 Å². The van der Waals surface area contributed by atoms with Gasteiger partial charge in [0.05, 0.1) is 26.8 Å². The van der Waals surface area contributed by atoms with Crippen LogP contribution in [0.1, 0.15) is 26.3 Å². The largest absolute Gasteiger partial charge is 0.518 e. The van der Waals surface area contributed by atoms with E-state index in [2.05, 4.69) is 33.9 Å². The average Bonchev–Trinajstić information content (AvgIpc) is 2.82. The number of imidazole rings is 1. The lowest BCUT2D eigenvalue weighted by Gasteiger charge is -2.35. The highest BCUT2D eigenvalue weighted by molar-refractivity contribution is 6.74. The molecule has 140 valence electrons. The van der Waals surface area contributed by atoms with Gasteiger partial charge in [0.1, 0.15) is 5.52 Å². The summed E-state index contributed by atoms with van der Waals surface area (Å²) in [6.45, 7) is 13.0. The summed E-state index contributed by atoms with van der Waals surface area (Å²) in [5.74, 6) is 1.75. The highest BCUT2D eigenvalue weighted by atomic mass is 28.4. The Bertz CT molecular complexity index is 791. The summed E-state index contributed by atoms with van der Waals surface area (Å²) < 4.78 is 25.1. The quantitative estimate of drug-likeness (QED) is 0.739. The van der Waals surface area contributed by atoms with Crippen molar-refractivity contribution in [1.29, 1.82) is 0 Å². The molecule has 6 nitrogen and oxygen atoms in total. The van der Waals surface area contributed by atoms with E-state index in [9.17, 15) is 0 Å². The van der Waals surface area contributed by atoms with E-state index in [-0.39, 0.29) is 5.04 Å². The Hall–Kier alpha value is -1.89. The molecular formula is C18H30N2O4Si. The lowest BCUT2D eigenvalue weighted by molar-refractivity contribution is 0.325. The van der Waals surface area contributed by atoms with Crippen molar-refractivity contribution in [3.63, 3.8) is 0 Å². The fraction of sp³-hybridized carbons (Fsp3) is 0.611. The number of aryl methyl sites for hydroxylation is 2. The number of nitrogens with zero attached hydrogens (tertiary/aromatic N) is 2. The van der Waals surface area contributed by atoms with Gasteiger partial charge in [0.2, 0.25) is 5.75 Å². The monoisotopic (exact) mass is 366 g/mol. The molecule has 0 fully saturated rings. The van der Waals surface area contributed by atoms with Crippen molar-refractivity contribution < 1.29 is 18.6 Å². The van der Waals surface area contributed by atoms with Gasteiger partial charge in [-0.15, -0.1) is 0 Å². The van der Waals surface area contributed by atoms with Crippen molar-refractivity contribution in [1.82, 2.24) is 9.55 Å². The summed E-state index contributed by atoms with van der Waals surface area (Å²) in [6, 6.07) is 0.596. The van der Waals surface area contributed by atoms with Gasteiger partial charge in [-0.2, -0.15) is 4.98 Å². The molecule has 0 unspecified atom stereocenters. The van der Waals surface area contributed by atoms with Crippen LogP contribution in [0.25, 0.3) is 11.0 Å². The second-order valence-corrected chi connectivity index (χ2v) is 12.5. The van der Waals surface area contributed by atoms with Gasteiger partial charge in [-0.05, 0) is 25.1 Å². The Balaban J connectivity index is 2.76. The first kappa shape index (κ1) is 19.4. The van der Waals surface area contributed by atoms with Crippen molar-refractivity contribution >= 4 is 19.4 Å². The molecule has 0 aliphatic heterocycles. The molecule has 0 aliphatic carbocycles. The van der Waals surface area contributed by atoms with Crippen LogP contribution < -0.4 is 18.6 Å². The molecular weight excluding hydrogens is 336 g/mol. The lowest BCUT2D eigenvalue weighted by atomic mass is 10.1. The molecule has 0 amide bonds. The number of ether oxygens (including phenoxy) is 3. The maximum atomic E-state index is 6.44. The van der Waals surface area contributed by atoms with Gasteiger partial charge in [0.25, 0.3) is 14.3 Å². The molecule has 0 saturated carbocycles. The number of hydrogen-bond donors (Lipinski definition) is 0. The minimum atomic E-state index is -2.02. The topological polar surface area (TPSA) is 54.7 Å². The zero-order chi connectivity index (χ0) is 19.2. The van der Waals surface area contributed by atoms with Gasteiger partial charge >= 0.3 is 0 Å². The number of aromatic nitrogens is 2. The molecule has 0 aliphatic rings. The molecule has 2 aromatic rings. The summed E-state index contributed by atoms with van der Waals surface area (Å²) in [4.78, 5) is 4.74. The Labute approximate surface area is 151 Å². The van der Waals surface area contributed by atoms with Crippen LogP contribution in [-0.4, -0.2) is 39.2 Å². The minimum absolute atomic E-state index is 0.0830. The van der Waals surface area contributed by atoms with Crippen molar-refractivity contribution in [3.8, 4) is 23.3 Å². The third-order valence-corrected chi connectivity index (χ3v) is 9.45. The Morgan fingerprint density at radius 3 is 1.88 bits per heavy atom. The predicted octanol–water partition coefficient (Wildman–Crippen LogP) is 4.29. The summed E-state index contributed by atoms with van der Waals surface area (Å²) >= 11 is 0. The maximum absolute atomic E-state index is 6.44. The summed E-state index contributed by atoms with van der Waals surface area (Å²) in [5, 5.41) is 0.0830. The van der Waals surface area contributed by atoms with E-state index in [1.54, 1.807) is 21.3 Å². The number of rotatable bonds is 5. The second-order valence-electron chi connectivity index (χ2n) is 7.74. The Morgan fingerprint density at radius 2 is 1.44 bits per heavy atom. The van der Waals surface area contributed by atoms with Crippen LogP contribution in [0.15, 0.2) is 0 Å². The third kappa shape index (κ3) is 3.05. The zero-order valence-corrected chi connectivity index (χ0v) is 18.0. The minimum Gasteiger partial charge on any atom is -0.518 e. The van der Waals surface area contributed by atoms with Crippen LogP contribution in [0.2, 0.25) is 18.1 Å². The lowest BCUT2D eigenvalue weighted by Crippen LogP contribution is -2.44. The zero-order valence-electron chi connectivity index (χ0n) is 17.0. The number of benzene rings is 1. The molecule has 0 atom stereocenters. The van der Waals surface area contributed by atoms with E-state index >= 15 is 0 Å². The Kier molecular flexibility index (Phi) is 5.01. The highest BCUT2D eigenvalue weighted by Crippen LogP contribution is 2.47. The first-order valence-electron chi connectivity index (χ1n) is 8.34. The Morgan fingerprint density at radius 1 is 0.920 bits per heavy atom. The molecule has 0 N–H and O–H groups in total. The molecule has 1 aromatic heterocycles. The normalized spacial score (nSPS) is 12.4. The predicted molar refractivity (Wildman–Crippen MR) is 103 cm³/mol. The third-order valence-electron chi connectivity index (χ3n) is 5.14. The van der Waals surface area contributed by atoms with Gasteiger partial charge in [0.15, 0.2) is 11.5 Å². The molecule has 1 heterocycles. The van der Waals surface area contributed by atoms with Crippen LogP contribution >= 0.6 is 0 Å². The molecule has 2 rings (SSSR count). The van der Waals surface area contributed by atoms with Gasteiger partial charge in [0, 0.05) is 12.6 Å². The van der Waals surface area contributed by atoms with Crippen molar-refractivity contribution in [2.45, 2.75) is 45.8 Å². The summed E-state index contributed by atoms with van der Waals surface area (Å²) in [6.07, 6.45) is 0. The van der Waals surface area contributed by atoms with Gasteiger partial charge in [-0.3, -0.25) is 4.57 Å². The molecule has 0 radical (unpaired) electrons. The van der Waals surface area contributed by atoms with Crippen LogP contribution in [-0.2, 0) is 7.05 Å². The first-order valence-corrected chi connectivity index (χ1v) is 11.2.